The summed E-state index contributed by atoms with van der Waals surface area (Å²) in [5, 5.41) is 5.91. The zero-order valence-electron chi connectivity index (χ0n) is 16.3. The molecule has 0 spiro atoms. The summed E-state index contributed by atoms with van der Waals surface area (Å²) in [4.78, 5) is 24.7. The van der Waals surface area contributed by atoms with Crippen molar-refractivity contribution in [3.05, 3.63) is 53.6 Å². The van der Waals surface area contributed by atoms with Crippen molar-refractivity contribution in [1.29, 1.82) is 0 Å². The first-order valence-corrected chi connectivity index (χ1v) is 9.50. The molecule has 1 fully saturated rings. The molecule has 0 atom stereocenters. The fourth-order valence-electron chi connectivity index (χ4n) is 3.42. The second kappa shape index (κ2) is 9.26. The van der Waals surface area contributed by atoms with Crippen LogP contribution < -0.4 is 20.1 Å². The molecule has 6 heteroatoms. The van der Waals surface area contributed by atoms with Gasteiger partial charge in [-0.15, -0.1) is 0 Å². The first kappa shape index (κ1) is 19.7. The molecule has 1 saturated carbocycles. The summed E-state index contributed by atoms with van der Waals surface area (Å²) in [5.41, 5.74) is 2.02. The molecule has 0 unspecified atom stereocenters. The third-order valence-electron chi connectivity index (χ3n) is 4.97. The maximum Gasteiger partial charge on any atom is 0.251 e. The van der Waals surface area contributed by atoms with Crippen molar-refractivity contribution < 1.29 is 19.1 Å². The van der Waals surface area contributed by atoms with E-state index in [2.05, 4.69) is 10.6 Å². The maximum atomic E-state index is 12.4. The van der Waals surface area contributed by atoms with Gasteiger partial charge in [0.15, 0.2) is 0 Å². The molecule has 148 valence electrons. The van der Waals surface area contributed by atoms with E-state index in [1.54, 1.807) is 50.6 Å². The number of nitrogens with one attached hydrogen (secondary N) is 2. The number of hydrogen-bond donors (Lipinski definition) is 2. The Hall–Kier alpha value is -3.02. The van der Waals surface area contributed by atoms with Gasteiger partial charge in [-0.1, -0.05) is 18.9 Å². The van der Waals surface area contributed by atoms with Crippen molar-refractivity contribution in [2.24, 2.45) is 0 Å². The van der Waals surface area contributed by atoms with Crippen LogP contribution in [0.4, 0.5) is 5.69 Å². The van der Waals surface area contributed by atoms with Gasteiger partial charge in [0.2, 0.25) is 5.91 Å². The van der Waals surface area contributed by atoms with Gasteiger partial charge in [-0.25, -0.2) is 0 Å². The molecule has 0 saturated heterocycles. The first-order chi connectivity index (χ1) is 13.6. The highest BCUT2D eigenvalue weighted by molar-refractivity contribution is 5.96. The van der Waals surface area contributed by atoms with Gasteiger partial charge >= 0.3 is 0 Å². The highest BCUT2D eigenvalue weighted by Crippen LogP contribution is 2.25. The summed E-state index contributed by atoms with van der Waals surface area (Å²) in [7, 11) is 3.14. The second-order valence-electron chi connectivity index (χ2n) is 6.93. The summed E-state index contributed by atoms with van der Waals surface area (Å²) < 4.78 is 10.5. The Balaban J connectivity index is 1.57. The standard InChI is InChI=1S/C22H26N2O4/c1-27-19-12-9-16(20(14-19)28-2)13-21(25)23-18-10-7-15(8-11-18)22(26)24-17-5-3-4-6-17/h7-12,14,17H,3-6,13H2,1-2H3,(H,23,25)(H,24,26). The average Bonchev–Trinajstić information content (AvgIpc) is 3.21. The van der Waals surface area contributed by atoms with Gasteiger partial charge in [-0.05, 0) is 43.2 Å². The lowest BCUT2D eigenvalue weighted by molar-refractivity contribution is -0.115. The van der Waals surface area contributed by atoms with Gasteiger partial charge in [-0.3, -0.25) is 9.59 Å². The van der Waals surface area contributed by atoms with E-state index in [4.69, 9.17) is 9.47 Å². The summed E-state index contributed by atoms with van der Waals surface area (Å²) in [6.45, 7) is 0. The highest BCUT2D eigenvalue weighted by atomic mass is 16.5. The Bertz CT molecular complexity index is 827. The van der Waals surface area contributed by atoms with Crippen LogP contribution in [0.5, 0.6) is 11.5 Å². The molecular weight excluding hydrogens is 356 g/mol. The minimum Gasteiger partial charge on any atom is -0.497 e. The molecule has 0 radical (unpaired) electrons. The zero-order valence-corrected chi connectivity index (χ0v) is 16.3. The molecule has 0 bridgehead atoms. The van der Waals surface area contributed by atoms with Crippen LogP contribution in [0.25, 0.3) is 0 Å². The van der Waals surface area contributed by atoms with Crippen LogP contribution in [-0.2, 0) is 11.2 Å². The zero-order chi connectivity index (χ0) is 19.9. The number of carbonyl (C=O) groups excluding carboxylic acids is 2. The number of ether oxygens (including phenoxy) is 2. The Kier molecular flexibility index (Phi) is 6.53. The van der Waals surface area contributed by atoms with Crippen LogP contribution in [0, 0.1) is 0 Å². The molecule has 3 rings (SSSR count). The van der Waals surface area contributed by atoms with Gasteiger partial charge < -0.3 is 20.1 Å². The van der Waals surface area contributed by atoms with Crippen molar-refractivity contribution >= 4 is 17.5 Å². The molecule has 2 N–H and O–H groups in total. The Morgan fingerprint density at radius 1 is 1.00 bits per heavy atom. The summed E-state index contributed by atoms with van der Waals surface area (Å²) in [6, 6.07) is 12.6. The minimum absolute atomic E-state index is 0.0623. The van der Waals surface area contributed by atoms with Gasteiger partial charge in [0.25, 0.3) is 5.91 Å². The summed E-state index contributed by atoms with van der Waals surface area (Å²) >= 11 is 0. The Labute approximate surface area is 165 Å². The smallest absolute Gasteiger partial charge is 0.251 e. The predicted octanol–water partition coefficient (Wildman–Crippen LogP) is 3.56. The quantitative estimate of drug-likeness (QED) is 0.768. The number of rotatable bonds is 7. The van der Waals surface area contributed by atoms with E-state index in [9.17, 15) is 9.59 Å². The molecule has 2 aromatic rings. The molecule has 28 heavy (non-hydrogen) atoms. The number of benzene rings is 2. The van der Waals surface area contributed by atoms with E-state index in [-0.39, 0.29) is 24.3 Å². The first-order valence-electron chi connectivity index (χ1n) is 9.50. The summed E-state index contributed by atoms with van der Waals surface area (Å²) in [6.07, 6.45) is 4.63. The van der Waals surface area contributed by atoms with Crippen LogP contribution in [0.2, 0.25) is 0 Å². The monoisotopic (exact) mass is 382 g/mol. The molecule has 0 aliphatic heterocycles. The van der Waals surface area contributed by atoms with E-state index in [1.165, 1.54) is 12.8 Å². The van der Waals surface area contributed by atoms with Gasteiger partial charge in [0.1, 0.15) is 11.5 Å². The lowest BCUT2D eigenvalue weighted by atomic mass is 10.1. The molecule has 2 amide bonds. The van der Waals surface area contributed by atoms with Crippen molar-refractivity contribution in [2.45, 2.75) is 38.1 Å². The topological polar surface area (TPSA) is 76.7 Å². The van der Waals surface area contributed by atoms with E-state index >= 15 is 0 Å². The highest BCUT2D eigenvalue weighted by Gasteiger charge is 2.18. The van der Waals surface area contributed by atoms with Crippen LogP contribution in [0.15, 0.2) is 42.5 Å². The molecule has 6 nitrogen and oxygen atoms in total. The fraction of sp³-hybridized carbons (Fsp3) is 0.364. The normalized spacial score (nSPS) is 13.8. The second-order valence-corrected chi connectivity index (χ2v) is 6.93. The third-order valence-corrected chi connectivity index (χ3v) is 4.97. The molecule has 0 aromatic heterocycles. The predicted molar refractivity (Wildman–Crippen MR) is 108 cm³/mol. The molecule has 2 aromatic carbocycles. The number of amides is 2. The number of carbonyl (C=O) groups is 2. The van der Waals surface area contributed by atoms with Gasteiger partial charge in [0, 0.05) is 28.9 Å². The van der Waals surface area contributed by atoms with Crippen LogP contribution in [-0.4, -0.2) is 32.1 Å². The largest absolute Gasteiger partial charge is 0.497 e. The van der Waals surface area contributed by atoms with Crippen molar-refractivity contribution in [2.75, 3.05) is 19.5 Å². The third kappa shape index (κ3) is 5.03. The lowest BCUT2D eigenvalue weighted by Crippen LogP contribution is -2.32. The van der Waals surface area contributed by atoms with Crippen molar-refractivity contribution in [3.63, 3.8) is 0 Å². The Morgan fingerprint density at radius 2 is 1.71 bits per heavy atom. The Morgan fingerprint density at radius 3 is 2.36 bits per heavy atom. The van der Waals surface area contributed by atoms with E-state index in [0.717, 1.165) is 18.4 Å². The van der Waals surface area contributed by atoms with E-state index < -0.39 is 0 Å². The van der Waals surface area contributed by atoms with Gasteiger partial charge in [0.05, 0.1) is 20.6 Å². The van der Waals surface area contributed by atoms with Gasteiger partial charge in [-0.2, -0.15) is 0 Å². The molecular formula is C22H26N2O4. The van der Waals surface area contributed by atoms with E-state index in [0.29, 0.717) is 22.7 Å². The van der Waals surface area contributed by atoms with Crippen LogP contribution >= 0.6 is 0 Å². The number of methoxy groups -OCH3 is 2. The van der Waals surface area contributed by atoms with Crippen LogP contribution in [0.1, 0.15) is 41.6 Å². The minimum atomic E-state index is -0.161. The maximum absolute atomic E-state index is 12.4. The van der Waals surface area contributed by atoms with E-state index in [1.807, 2.05) is 6.07 Å². The molecule has 0 heterocycles. The summed E-state index contributed by atoms with van der Waals surface area (Å²) in [5.74, 6) is 1.06. The van der Waals surface area contributed by atoms with Crippen LogP contribution in [0.3, 0.4) is 0 Å². The molecule has 1 aliphatic carbocycles. The average molecular weight is 382 g/mol. The lowest BCUT2D eigenvalue weighted by Gasteiger charge is -2.13. The van der Waals surface area contributed by atoms with Crippen molar-refractivity contribution in [1.82, 2.24) is 5.32 Å². The SMILES string of the molecule is COc1ccc(CC(=O)Nc2ccc(C(=O)NC3CCCC3)cc2)c(OC)c1. The fourth-order valence-corrected chi connectivity index (χ4v) is 3.42. The number of hydrogen-bond acceptors (Lipinski definition) is 4. The van der Waals surface area contributed by atoms with Crippen molar-refractivity contribution in [3.8, 4) is 11.5 Å². The molecule has 1 aliphatic rings. The number of anilines is 1.